The van der Waals surface area contributed by atoms with Crippen LogP contribution in [0.2, 0.25) is 0 Å². The molecule has 10 nitrogen and oxygen atoms in total. The van der Waals surface area contributed by atoms with Crippen molar-refractivity contribution < 1.29 is 9.85 Å². The van der Waals surface area contributed by atoms with E-state index >= 15 is 0 Å². The van der Waals surface area contributed by atoms with Gasteiger partial charge in [-0.3, -0.25) is 10.1 Å². The average Bonchev–Trinajstić information content (AvgIpc) is 2.89. The van der Waals surface area contributed by atoms with E-state index in [-0.39, 0.29) is 12.2 Å². The minimum absolute atomic E-state index is 0.0544. The molecule has 0 saturated carbocycles. The Morgan fingerprint density at radius 2 is 2.05 bits per heavy atom. The first-order chi connectivity index (χ1) is 10.0. The van der Waals surface area contributed by atoms with Crippen molar-refractivity contribution in [3.8, 4) is 0 Å². The van der Waals surface area contributed by atoms with Crippen molar-refractivity contribution in [3.05, 3.63) is 50.3 Å². The van der Waals surface area contributed by atoms with Crippen LogP contribution in [-0.2, 0) is 6.54 Å². The SMILES string of the molecule is CCNc1ccc([N+](=O)[O-])cc1Cn1cnc([N+](=O)[O-])n1. The van der Waals surface area contributed by atoms with E-state index in [0.29, 0.717) is 17.8 Å². The quantitative estimate of drug-likeness (QED) is 0.631. The van der Waals surface area contributed by atoms with E-state index < -0.39 is 15.8 Å². The Balaban J connectivity index is 2.32. The molecule has 0 spiro atoms. The van der Waals surface area contributed by atoms with Crippen molar-refractivity contribution in [2.45, 2.75) is 13.5 Å². The number of non-ortho nitro benzene ring substituents is 1. The van der Waals surface area contributed by atoms with Crippen LogP contribution in [0.4, 0.5) is 17.3 Å². The molecule has 21 heavy (non-hydrogen) atoms. The molecule has 0 saturated heterocycles. The van der Waals surface area contributed by atoms with Crippen molar-refractivity contribution in [1.29, 1.82) is 0 Å². The van der Waals surface area contributed by atoms with E-state index in [0.717, 1.165) is 0 Å². The number of rotatable bonds is 6. The van der Waals surface area contributed by atoms with Crippen molar-refractivity contribution in [1.82, 2.24) is 14.8 Å². The minimum Gasteiger partial charge on any atom is -0.390 e. The van der Waals surface area contributed by atoms with E-state index in [1.165, 1.54) is 23.1 Å². The van der Waals surface area contributed by atoms with E-state index in [9.17, 15) is 20.2 Å². The molecular weight excluding hydrogens is 280 g/mol. The summed E-state index contributed by atoms with van der Waals surface area (Å²) in [5.74, 6) is -0.509. The zero-order valence-corrected chi connectivity index (χ0v) is 11.1. The van der Waals surface area contributed by atoms with Gasteiger partial charge in [-0.05, 0) is 17.9 Å². The van der Waals surface area contributed by atoms with Gasteiger partial charge in [0.15, 0.2) is 0 Å². The highest BCUT2D eigenvalue weighted by Gasteiger charge is 2.16. The van der Waals surface area contributed by atoms with Gasteiger partial charge >= 0.3 is 5.95 Å². The molecule has 2 rings (SSSR count). The average molecular weight is 292 g/mol. The Morgan fingerprint density at radius 3 is 2.62 bits per heavy atom. The molecule has 0 bridgehead atoms. The number of aromatic nitrogens is 3. The van der Waals surface area contributed by atoms with Gasteiger partial charge in [-0.15, -0.1) is 0 Å². The van der Waals surface area contributed by atoms with Crippen LogP contribution in [0.25, 0.3) is 0 Å². The van der Waals surface area contributed by atoms with Crippen LogP contribution >= 0.6 is 0 Å². The van der Waals surface area contributed by atoms with Gasteiger partial charge in [-0.1, -0.05) is 4.98 Å². The molecule has 0 aliphatic carbocycles. The van der Waals surface area contributed by atoms with Gasteiger partial charge in [-0.2, -0.15) is 4.68 Å². The second kappa shape index (κ2) is 5.94. The number of nitro groups is 2. The largest absolute Gasteiger partial charge is 0.490 e. The van der Waals surface area contributed by atoms with Crippen molar-refractivity contribution in [3.63, 3.8) is 0 Å². The summed E-state index contributed by atoms with van der Waals surface area (Å²) < 4.78 is 1.26. The highest BCUT2D eigenvalue weighted by atomic mass is 16.6. The van der Waals surface area contributed by atoms with Gasteiger partial charge in [0.1, 0.15) is 0 Å². The van der Waals surface area contributed by atoms with Crippen LogP contribution in [0.15, 0.2) is 24.5 Å². The number of nitro benzene ring substituents is 1. The fourth-order valence-electron chi connectivity index (χ4n) is 1.81. The first-order valence-corrected chi connectivity index (χ1v) is 6.06. The molecule has 0 aliphatic rings. The fraction of sp³-hybridized carbons (Fsp3) is 0.273. The van der Waals surface area contributed by atoms with Crippen LogP contribution < -0.4 is 5.32 Å². The zero-order valence-electron chi connectivity index (χ0n) is 11.1. The van der Waals surface area contributed by atoms with Gasteiger partial charge in [0.25, 0.3) is 5.69 Å². The third-order valence-electron chi connectivity index (χ3n) is 2.69. The van der Waals surface area contributed by atoms with E-state index in [2.05, 4.69) is 15.4 Å². The van der Waals surface area contributed by atoms with Crippen LogP contribution in [0, 0.1) is 20.2 Å². The molecule has 1 aromatic carbocycles. The van der Waals surface area contributed by atoms with Crippen molar-refractivity contribution in [2.75, 3.05) is 11.9 Å². The number of nitrogens with one attached hydrogen (secondary N) is 1. The molecule has 1 N–H and O–H groups in total. The molecular formula is C11H12N6O4. The molecule has 0 unspecified atom stereocenters. The summed E-state index contributed by atoms with van der Waals surface area (Å²) >= 11 is 0. The number of nitrogens with zero attached hydrogens (tertiary/aromatic N) is 5. The highest BCUT2D eigenvalue weighted by molar-refractivity contribution is 5.56. The fourth-order valence-corrected chi connectivity index (χ4v) is 1.81. The molecule has 110 valence electrons. The normalized spacial score (nSPS) is 10.3. The number of hydrogen-bond acceptors (Lipinski definition) is 7. The first kappa shape index (κ1) is 14.4. The molecule has 0 aliphatic heterocycles. The Morgan fingerprint density at radius 1 is 1.29 bits per heavy atom. The minimum atomic E-state index is -0.699. The summed E-state index contributed by atoms with van der Waals surface area (Å²) in [4.78, 5) is 23.7. The predicted octanol–water partition coefficient (Wildman–Crippen LogP) is 1.57. The standard InChI is InChI=1S/C11H12N6O4/c1-2-12-10-4-3-9(16(18)19)5-8(10)6-15-7-13-11(14-15)17(20)21/h3-5,7,12H,2,6H2,1H3. The molecule has 0 radical (unpaired) electrons. The first-order valence-electron chi connectivity index (χ1n) is 6.06. The molecule has 2 aromatic rings. The maximum absolute atomic E-state index is 10.8. The van der Waals surface area contributed by atoms with E-state index in [1.54, 1.807) is 6.07 Å². The Hall–Kier alpha value is -3.04. The molecule has 10 heteroatoms. The zero-order chi connectivity index (χ0) is 15.4. The van der Waals surface area contributed by atoms with Crippen LogP contribution in [0.3, 0.4) is 0 Å². The predicted molar refractivity (Wildman–Crippen MR) is 73.0 cm³/mol. The smallest absolute Gasteiger partial charge is 0.390 e. The summed E-state index contributed by atoms with van der Waals surface area (Å²) in [6.45, 7) is 2.68. The lowest BCUT2D eigenvalue weighted by molar-refractivity contribution is -0.394. The maximum Gasteiger partial charge on any atom is 0.490 e. The molecule has 0 amide bonds. The third kappa shape index (κ3) is 3.29. The molecule has 0 atom stereocenters. The summed E-state index contributed by atoms with van der Waals surface area (Å²) in [6, 6.07) is 4.40. The topological polar surface area (TPSA) is 129 Å². The van der Waals surface area contributed by atoms with Gasteiger partial charge in [0.2, 0.25) is 6.33 Å². The summed E-state index contributed by atoms with van der Waals surface area (Å²) in [5.41, 5.74) is 1.26. The number of anilines is 1. The lowest BCUT2D eigenvalue weighted by atomic mass is 10.1. The molecule has 1 heterocycles. The van der Waals surface area contributed by atoms with E-state index in [4.69, 9.17) is 0 Å². The highest BCUT2D eigenvalue weighted by Crippen LogP contribution is 2.23. The summed E-state index contributed by atoms with van der Waals surface area (Å²) in [7, 11) is 0. The monoisotopic (exact) mass is 292 g/mol. The van der Waals surface area contributed by atoms with Crippen molar-refractivity contribution in [2.24, 2.45) is 0 Å². The van der Waals surface area contributed by atoms with Gasteiger partial charge in [0, 0.05) is 35.0 Å². The second-order valence-corrected chi connectivity index (χ2v) is 4.13. The second-order valence-electron chi connectivity index (χ2n) is 4.13. The number of benzene rings is 1. The van der Waals surface area contributed by atoms with Gasteiger partial charge in [0.05, 0.1) is 11.5 Å². The lowest BCUT2D eigenvalue weighted by Gasteiger charge is -2.09. The summed E-state index contributed by atoms with van der Waals surface area (Å²) in [5, 5.41) is 28.1. The Bertz CT molecular complexity index is 683. The molecule has 0 fully saturated rings. The van der Waals surface area contributed by atoms with Crippen LogP contribution in [0.5, 0.6) is 0 Å². The van der Waals surface area contributed by atoms with Crippen LogP contribution in [0.1, 0.15) is 12.5 Å². The number of hydrogen-bond donors (Lipinski definition) is 1. The maximum atomic E-state index is 10.8. The lowest BCUT2D eigenvalue weighted by Crippen LogP contribution is -2.07. The van der Waals surface area contributed by atoms with Crippen LogP contribution in [-0.4, -0.2) is 31.2 Å². The third-order valence-corrected chi connectivity index (χ3v) is 2.69. The van der Waals surface area contributed by atoms with E-state index in [1.807, 2.05) is 6.92 Å². The Labute approximate surface area is 118 Å². The van der Waals surface area contributed by atoms with Gasteiger partial charge < -0.3 is 15.4 Å². The van der Waals surface area contributed by atoms with Gasteiger partial charge in [-0.25, -0.2) is 0 Å². The molecule has 1 aromatic heterocycles. The summed E-state index contributed by atoms with van der Waals surface area (Å²) in [6.07, 6.45) is 1.21. The Kier molecular flexibility index (Phi) is 4.07. The van der Waals surface area contributed by atoms with Crippen molar-refractivity contribution >= 4 is 17.3 Å².